The Morgan fingerprint density at radius 3 is 2.37 bits per heavy atom. The molecule has 2 aromatic heterocycles. The monoisotopic (exact) mass is 465 g/mol. The summed E-state index contributed by atoms with van der Waals surface area (Å²) in [5, 5.41) is 2.85. The number of amides is 1. The predicted octanol–water partition coefficient (Wildman–Crippen LogP) is 5.18. The number of benzene rings is 2. The standard InChI is InChI=1S/C23H20BrN3O3/c1-2-29-19-8-10-20(11-9-19)30-15-23(28)25-18-7-12-22-26-21(14-27(22)13-18)16-3-5-17(24)6-4-16/h3-14H,2,15H2,1H3,(H,25,28). The number of hydrogen-bond donors (Lipinski definition) is 1. The Bertz CT molecular complexity index is 1150. The summed E-state index contributed by atoms with van der Waals surface area (Å²) in [4.78, 5) is 16.9. The molecule has 0 fully saturated rings. The number of carbonyl (C=O) groups is 1. The molecule has 0 atom stereocenters. The molecule has 2 heterocycles. The van der Waals surface area contributed by atoms with Crippen LogP contribution in [0.25, 0.3) is 16.9 Å². The first-order valence-corrected chi connectivity index (χ1v) is 10.3. The van der Waals surface area contributed by atoms with Crippen LogP contribution in [-0.4, -0.2) is 28.5 Å². The van der Waals surface area contributed by atoms with Gasteiger partial charge in [-0.2, -0.15) is 0 Å². The van der Waals surface area contributed by atoms with Gasteiger partial charge in [0.25, 0.3) is 5.91 Å². The van der Waals surface area contributed by atoms with E-state index in [0.717, 1.165) is 27.1 Å². The van der Waals surface area contributed by atoms with Gasteiger partial charge < -0.3 is 19.2 Å². The third kappa shape index (κ3) is 4.80. The molecule has 0 radical (unpaired) electrons. The van der Waals surface area contributed by atoms with Crippen molar-refractivity contribution in [3.05, 3.63) is 77.5 Å². The van der Waals surface area contributed by atoms with Crippen molar-refractivity contribution in [1.29, 1.82) is 0 Å². The normalized spacial score (nSPS) is 10.7. The molecule has 0 aliphatic rings. The number of carbonyl (C=O) groups excluding carboxylic acids is 1. The number of halogens is 1. The minimum Gasteiger partial charge on any atom is -0.494 e. The third-order valence-corrected chi connectivity index (χ3v) is 4.91. The maximum absolute atomic E-state index is 12.3. The van der Waals surface area contributed by atoms with Crippen LogP contribution in [0.15, 0.2) is 77.5 Å². The summed E-state index contributed by atoms with van der Waals surface area (Å²) in [6.07, 6.45) is 3.77. The largest absolute Gasteiger partial charge is 0.494 e. The number of ether oxygens (including phenoxy) is 2. The van der Waals surface area contributed by atoms with Gasteiger partial charge in [-0.05, 0) is 55.5 Å². The molecule has 30 heavy (non-hydrogen) atoms. The Balaban J connectivity index is 1.39. The number of aromatic nitrogens is 2. The maximum Gasteiger partial charge on any atom is 0.262 e. The van der Waals surface area contributed by atoms with Gasteiger partial charge >= 0.3 is 0 Å². The van der Waals surface area contributed by atoms with Gasteiger partial charge in [0.2, 0.25) is 0 Å². The average molecular weight is 466 g/mol. The van der Waals surface area contributed by atoms with Crippen molar-refractivity contribution in [3.63, 3.8) is 0 Å². The van der Waals surface area contributed by atoms with Crippen molar-refractivity contribution < 1.29 is 14.3 Å². The number of nitrogens with one attached hydrogen (secondary N) is 1. The highest BCUT2D eigenvalue weighted by molar-refractivity contribution is 9.10. The van der Waals surface area contributed by atoms with Crippen molar-refractivity contribution in [1.82, 2.24) is 9.38 Å². The van der Waals surface area contributed by atoms with Gasteiger partial charge in [-0.25, -0.2) is 4.98 Å². The molecule has 7 heteroatoms. The second-order valence-electron chi connectivity index (χ2n) is 6.56. The summed E-state index contributed by atoms with van der Waals surface area (Å²) < 4.78 is 13.8. The fourth-order valence-corrected chi connectivity index (χ4v) is 3.23. The lowest BCUT2D eigenvalue weighted by atomic mass is 10.2. The summed E-state index contributed by atoms with van der Waals surface area (Å²) in [5.41, 5.74) is 3.36. The topological polar surface area (TPSA) is 64.9 Å². The molecular weight excluding hydrogens is 446 g/mol. The maximum atomic E-state index is 12.3. The van der Waals surface area contributed by atoms with Crippen molar-refractivity contribution >= 4 is 33.2 Å². The lowest BCUT2D eigenvalue weighted by Gasteiger charge is -2.09. The van der Waals surface area contributed by atoms with Crippen LogP contribution in [0.3, 0.4) is 0 Å². The van der Waals surface area contributed by atoms with Crippen LogP contribution < -0.4 is 14.8 Å². The summed E-state index contributed by atoms with van der Waals surface area (Å²) in [5.74, 6) is 1.14. The number of fused-ring (bicyclic) bond motifs is 1. The van der Waals surface area contributed by atoms with E-state index >= 15 is 0 Å². The highest BCUT2D eigenvalue weighted by atomic mass is 79.9. The van der Waals surface area contributed by atoms with Gasteiger partial charge in [0.15, 0.2) is 6.61 Å². The van der Waals surface area contributed by atoms with Crippen LogP contribution in [0.4, 0.5) is 5.69 Å². The molecule has 0 aliphatic carbocycles. The van der Waals surface area contributed by atoms with E-state index < -0.39 is 0 Å². The molecule has 4 rings (SSSR count). The first-order valence-electron chi connectivity index (χ1n) is 9.51. The van der Waals surface area contributed by atoms with Gasteiger partial charge in [0.1, 0.15) is 17.1 Å². The Labute approximate surface area is 182 Å². The molecule has 4 aromatic rings. The SMILES string of the molecule is CCOc1ccc(OCC(=O)Nc2ccc3nc(-c4ccc(Br)cc4)cn3c2)cc1. The van der Waals surface area contributed by atoms with Gasteiger partial charge in [0, 0.05) is 22.4 Å². The lowest BCUT2D eigenvalue weighted by molar-refractivity contribution is -0.118. The summed E-state index contributed by atoms with van der Waals surface area (Å²) in [7, 11) is 0. The van der Waals surface area contributed by atoms with E-state index in [4.69, 9.17) is 9.47 Å². The van der Waals surface area contributed by atoms with Crippen molar-refractivity contribution in [2.45, 2.75) is 6.92 Å². The molecule has 0 aliphatic heterocycles. The highest BCUT2D eigenvalue weighted by Crippen LogP contribution is 2.22. The highest BCUT2D eigenvalue weighted by Gasteiger charge is 2.08. The quantitative estimate of drug-likeness (QED) is 0.408. The number of imidazole rings is 1. The summed E-state index contributed by atoms with van der Waals surface area (Å²) in [6.45, 7) is 2.45. The average Bonchev–Trinajstić information content (AvgIpc) is 3.17. The smallest absolute Gasteiger partial charge is 0.262 e. The fourth-order valence-electron chi connectivity index (χ4n) is 2.97. The molecule has 2 aromatic carbocycles. The molecular formula is C23H20BrN3O3. The van der Waals surface area contributed by atoms with Crippen molar-refractivity contribution in [3.8, 4) is 22.8 Å². The van der Waals surface area contributed by atoms with Gasteiger partial charge in [-0.3, -0.25) is 4.79 Å². The van der Waals surface area contributed by atoms with Gasteiger partial charge in [0.05, 0.1) is 18.0 Å². The Morgan fingerprint density at radius 2 is 1.67 bits per heavy atom. The van der Waals surface area contributed by atoms with E-state index in [9.17, 15) is 4.79 Å². The van der Waals surface area contributed by atoms with Crippen LogP contribution in [0, 0.1) is 0 Å². The van der Waals surface area contributed by atoms with E-state index in [0.29, 0.717) is 18.0 Å². The molecule has 6 nitrogen and oxygen atoms in total. The van der Waals surface area contributed by atoms with Crippen LogP contribution in [0.5, 0.6) is 11.5 Å². The predicted molar refractivity (Wildman–Crippen MR) is 120 cm³/mol. The van der Waals surface area contributed by atoms with Crippen molar-refractivity contribution in [2.75, 3.05) is 18.5 Å². The second kappa shape index (κ2) is 9.00. The third-order valence-electron chi connectivity index (χ3n) is 4.38. The minimum absolute atomic E-state index is 0.0832. The van der Waals surface area contributed by atoms with Crippen LogP contribution in [0.1, 0.15) is 6.92 Å². The number of hydrogen-bond acceptors (Lipinski definition) is 4. The summed E-state index contributed by atoms with van der Waals surface area (Å²) in [6, 6.07) is 18.8. The minimum atomic E-state index is -0.239. The molecule has 0 saturated carbocycles. The molecule has 0 unspecified atom stereocenters. The van der Waals surface area contributed by atoms with E-state index in [1.54, 1.807) is 12.1 Å². The number of anilines is 1. The summed E-state index contributed by atoms with van der Waals surface area (Å²) >= 11 is 3.44. The molecule has 0 spiro atoms. The zero-order valence-electron chi connectivity index (χ0n) is 16.3. The van der Waals surface area contributed by atoms with E-state index in [1.165, 1.54) is 0 Å². The van der Waals surface area contributed by atoms with Crippen LogP contribution in [-0.2, 0) is 4.79 Å². The molecule has 0 bridgehead atoms. The van der Waals surface area contributed by atoms with E-state index in [2.05, 4.69) is 26.2 Å². The molecule has 0 saturated heterocycles. The number of nitrogens with zero attached hydrogens (tertiary/aromatic N) is 2. The van der Waals surface area contributed by atoms with Gasteiger partial charge in [-0.1, -0.05) is 28.1 Å². The van der Waals surface area contributed by atoms with Crippen LogP contribution in [0.2, 0.25) is 0 Å². The Hall–Kier alpha value is -3.32. The zero-order chi connectivity index (χ0) is 20.9. The second-order valence-corrected chi connectivity index (χ2v) is 7.47. The number of rotatable bonds is 7. The Morgan fingerprint density at radius 1 is 0.967 bits per heavy atom. The molecule has 1 N–H and O–H groups in total. The first-order chi connectivity index (χ1) is 14.6. The van der Waals surface area contributed by atoms with Gasteiger partial charge in [-0.15, -0.1) is 0 Å². The van der Waals surface area contributed by atoms with Crippen LogP contribution >= 0.6 is 15.9 Å². The number of pyridine rings is 1. The zero-order valence-corrected chi connectivity index (χ0v) is 17.9. The molecule has 152 valence electrons. The Kier molecular flexibility index (Phi) is 5.99. The first kappa shape index (κ1) is 20.0. The lowest BCUT2D eigenvalue weighted by Crippen LogP contribution is -2.20. The fraction of sp³-hybridized carbons (Fsp3) is 0.130. The van der Waals surface area contributed by atoms with E-state index in [-0.39, 0.29) is 12.5 Å². The van der Waals surface area contributed by atoms with E-state index in [1.807, 2.05) is 72.2 Å². The molecule has 1 amide bonds. The van der Waals surface area contributed by atoms with Crippen molar-refractivity contribution in [2.24, 2.45) is 0 Å².